The number of anilines is 2. The molecule has 11 nitrogen and oxygen atoms in total. The third-order valence-corrected chi connectivity index (χ3v) is 5.79. The molecule has 3 aliphatic heterocycles. The van der Waals surface area contributed by atoms with Crippen molar-refractivity contribution >= 4 is 17.3 Å². The molecule has 11 heteroatoms. The van der Waals surface area contributed by atoms with Gasteiger partial charge in [-0.1, -0.05) is 6.07 Å². The first-order chi connectivity index (χ1) is 15.2. The molecule has 0 atom stereocenters. The molecule has 3 aliphatic rings. The largest absolute Gasteiger partial charge is 0.454 e. The van der Waals surface area contributed by atoms with Crippen molar-refractivity contribution in [3.8, 4) is 11.5 Å². The number of nitrogens with zero attached hydrogens (tertiary/aromatic N) is 6. The van der Waals surface area contributed by atoms with E-state index in [0.29, 0.717) is 51.0 Å². The highest BCUT2D eigenvalue weighted by Crippen LogP contribution is 2.35. The van der Waals surface area contributed by atoms with Gasteiger partial charge in [0.2, 0.25) is 18.4 Å². The lowest BCUT2D eigenvalue weighted by Gasteiger charge is -2.35. The highest BCUT2D eigenvalue weighted by atomic mass is 16.7. The van der Waals surface area contributed by atoms with E-state index < -0.39 is 0 Å². The molecule has 0 saturated carbocycles. The molecule has 2 aromatic rings. The summed E-state index contributed by atoms with van der Waals surface area (Å²) in [5.41, 5.74) is 1.13. The molecule has 1 aromatic carbocycles. The number of rotatable bonds is 5. The molecule has 0 radical (unpaired) electrons. The Labute approximate surface area is 179 Å². The third-order valence-electron chi connectivity index (χ3n) is 5.79. The molecular formula is C20H24N6O5. The Morgan fingerprint density at radius 3 is 2.32 bits per heavy atom. The van der Waals surface area contributed by atoms with E-state index in [0.717, 1.165) is 36.7 Å². The van der Waals surface area contributed by atoms with E-state index in [1.165, 1.54) is 6.33 Å². The van der Waals surface area contributed by atoms with Crippen molar-refractivity contribution in [3.63, 3.8) is 0 Å². The van der Waals surface area contributed by atoms with Crippen LogP contribution in [-0.4, -0.2) is 79.1 Å². The monoisotopic (exact) mass is 428 g/mol. The van der Waals surface area contributed by atoms with Gasteiger partial charge in [0.25, 0.3) is 0 Å². The van der Waals surface area contributed by atoms with Crippen LogP contribution in [0.25, 0.3) is 0 Å². The summed E-state index contributed by atoms with van der Waals surface area (Å²) in [7, 11) is 0. The van der Waals surface area contributed by atoms with Crippen molar-refractivity contribution in [2.45, 2.75) is 6.54 Å². The first kappa shape index (κ1) is 19.8. The van der Waals surface area contributed by atoms with Crippen LogP contribution >= 0.6 is 0 Å². The van der Waals surface area contributed by atoms with Crippen molar-refractivity contribution in [1.82, 2.24) is 14.9 Å². The molecule has 5 rings (SSSR count). The number of nitro groups is 1. The molecule has 0 aliphatic carbocycles. The maximum absolute atomic E-state index is 11.9. The maximum Gasteiger partial charge on any atom is 0.353 e. The molecule has 0 N–H and O–H groups in total. The number of aromatic nitrogens is 2. The summed E-state index contributed by atoms with van der Waals surface area (Å²) in [4.78, 5) is 26.3. The van der Waals surface area contributed by atoms with Gasteiger partial charge in [-0.25, -0.2) is 9.97 Å². The average Bonchev–Trinajstić information content (AvgIpc) is 3.27. The first-order valence-electron chi connectivity index (χ1n) is 10.4. The second-order valence-electron chi connectivity index (χ2n) is 7.68. The average molecular weight is 428 g/mol. The van der Waals surface area contributed by atoms with Gasteiger partial charge >= 0.3 is 5.69 Å². The minimum atomic E-state index is -0.362. The lowest BCUT2D eigenvalue weighted by molar-refractivity contribution is -0.383. The van der Waals surface area contributed by atoms with E-state index in [-0.39, 0.29) is 17.4 Å². The van der Waals surface area contributed by atoms with Gasteiger partial charge in [-0.3, -0.25) is 15.0 Å². The number of ether oxygens (including phenoxy) is 3. The standard InChI is InChI=1S/C20H24N6O5/c27-26(28)18-19(21-13-22-20(18)25-7-9-29-10-8-25)24-5-3-23(4-6-24)12-15-1-2-16-17(11-15)31-14-30-16/h1-2,11,13H,3-10,12,14H2. The quantitative estimate of drug-likeness (QED) is 0.510. The van der Waals surface area contributed by atoms with E-state index in [1.54, 1.807) is 0 Å². The molecular weight excluding hydrogens is 404 g/mol. The van der Waals surface area contributed by atoms with E-state index in [1.807, 2.05) is 28.0 Å². The van der Waals surface area contributed by atoms with Crippen LogP contribution in [0.15, 0.2) is 24.5 Å². The van der Waals surface area contributed by atoms with Crippen LogP contribution in [0.5, 0.6) is 11.5 Å². The van der Waals surface area contributed by atoms with Crippen molar-refractivity contribution in [2.24, 2.45) is 0 Å². The first-order valence-corrected chi connectivity index (χ1v) is 10.4. The predicted molar refractivity (Wildman–Crippen MR) is 112 cm³/mol. The van der Waals surface area contributed by atoms with E-state index in [2.05, 4.69) is 14.9 Å². The summed E-state index contributed by atoms with van der Waals surface area (Å²) in [5, 5.41) is 11.9. The second kappa shape index (κ2) is 8.52. The Bertz CT molecular complexity index is 959. The number of morpholine rings is 1. The summed E-state index contributed by atoms with van der Waals surface area (Å²) >= 11 is 0. The molecule has 0 amide bonds. The molecule has 4 heterocycles. The van der Waals surface area contributed by atoms with Crippen LogP contribution in [0, 0.1) is 10.1 Å². The van der Waals surface area contributed by atoms with E-state index >= 15 is 0 Å². The maximum atomic E-state index is 11.9. The van der Waals surface area contributed by atoms with Crippen molar-refractivity contribution in [2.75, 3.05) is 69.1 Å². The fourth-order valence-corrected chi connectivity index (χ4v) is 4.18. The molecule has 0 bridgehead atoms. The summed E-state index contributed by atoms with van der Waals surface area (Å²) in [6, 6.07) is 5.99. The SMILES string of the molecule is O=[N+]([O-])c1c(N2CCOCC2)ncnc1N1CCN(Cc2ccc3c(c2)OCO3)CC1. The van der Waals surface area contributed by atoms with Crippen LogP contribution in [-0.2, 0) is 11.3 Å². The zero-order chi connectivity index (χ0) is 21.2. The minimum Gasteiger partial charge on any atom is -0.454 e. The Morgan fingerprint density at radius 2 is 1.61 bits per heavy atom. The predicted octanol–water partition coefficient (Wildman–Crippen LogP) is 1.27. The molecule has 31 heavy (non-hydrogen) atoms. The second-order valence-corrected chi connectivity index (χ2v) is 7.68. The summed E-state index contributed by atoms with van der Waals surface area (Å²) in [6.45, 7) is 6.17. The highest BCUT2D eigenvalue weighted by molar-refractivity contribution is 5.71. The fourth-order valence-electron chi connectivity index (χ4n) is 4.18. The zero-order valence-corrected chi connectivity index (χ0v) is 17.1. The van der Waals surface area contributed by atoms with Gasteiger partial charge < -0.3 is 24.0 Å². The summed E-state index contributed by atoms with van der Waals surface area (Å²) < 4.78 is 16.2. The fraction of sp³-hybridized carbons (Fsp3) is 0.500. The zero-order valence-electron chi connectivity index (χ0n) is 17.1. The lowest BCUT2D eigenvalue weighted by atomic mass is 10.1. The topological polar surface area (TPSA) is 106 Å². The van der Waals surface area contributed by atoms with Crippen LogP contribution < -0.4 is 19.3 Å². The molecule has 164 valence electrons. The molecule has 0 spiro atoms. The smallest absolute Gasteiger partial charge is 0.353 e. The summed E-state index contributed by atoms with van der Waals surface area (Å²) in [6.07, 6.45) is 1.42. The minimum absolute atomic E-state index is 0.0198. The van der Waals surface area contributed by atoms with Gasteiger partial charge in [-0.15, -0.1) is 0 Å². The van der Waals surface area contributed by atoms with Crippen molar-refractivity contribution in [1.29, 1.82) is 0 Å². The van der Waals surface area contributed by atoms with Crippen molar-refractivity contribution in [3.05, 3.63) is 40.2 Å². The van der Waals surface area contributed by atoms with E-state index in [4.69, 9.17) is 14.2 Å². The van der Waals surface area contributed by atoms with Crippen molar-refractivity contribution < 1.29 is 19.1 Å². The van der Waals surface area contributed by atoms with Gasteiger partial charge in [0, 0.05) is 45.8 Å². The third kappa shape index (κ3) is 4.06. The van der Waals surface area contributed by atoms with E-state index in [9.17, 15) is 10.1 Å². The Balaban J connectivity index is 1.28. The number of fused-ring (bicyclic) bond motifs is 1. The highest BCUT2D eigenvalue weighted by Gasteiger charge is 2.32. The van der Waals surface area contributed by atoms with Crippen LogP contribution in [0.4, 0.5) is 17.3 Å². The molecule has 2 saturated heterocycles. The van der Waals surface area contributed by atoms with Gasteiger partial charge in [0.05, 0.1) is 18.1 Å². The molecule has 2 fully saturated rings. The number of hydrogen-bond donors (Lipinski definition) is 0. The van der Waals surface area contributed by atoms with Gasteiger partial charge in [0.1, 0.15) is 6.33 Å². The summed E-state index contributed by atoms with van der Waals surface area (Å²) in [5.74, 6) is 2.33. The molecule has 1 aromatic heterocycles. The van der Waals surface area contributed by atoms with Gasteiger partial charge in [-0.05, 0) is 17.7 Å². The van der Waals surface area contributed by atoms with Gasteiger partial charge in [0.15, 0.2) is 11.5 Å². The van der Waals surface area contributed by atoms with Crippen LogP contribution in [0.1, 0.15) is 5.56 Å². The Morgan fingerprint density at radius 1 is 0.935 bits per heavy atom. The molecule has 0 unspecified atom stereocenters. The Hall–Kier alpha value is -3.18. The van der Waals surface area contributed by atoms with Crippen LogP contribution in [0.2, 0.25) is 0 Å². The number of piperazine rings is 1. The lowest BCUT2D eigenvalue weighted by Crippen LogP contribution is -2.46. The van der Waals surface area contributed by atoms with Gasteiger partial charge in [-0.2, -0.15) is 0 Å². The number of benzene rings is 1. The Kier molecular flexibility index (Phi) is 5.43. The normalized spacial score (nSPS) is 19.0. The van der Waals surface area contributed by atoms with Crippen LogP contribution in [0.3, 0.4) is 0 Å². The number of hydrogen-bond acceptors (Lipinski definition) is 10.